The van der Waals surface area contributed by atoms with Gasteiger partial charge in [-0.25, -0.2) is 0 Å². The molecule has 0 aliphatic carbocycles. The Labute approximate surface area is 129 Å². The number of anilines is 1. The Balaban J connectivity index is 1.50. The standard InChI is InChI=1S/C17H17ClN2O/c18-14-6-3-4-12(10-14)8-9-19-17(21)16-11-13-5-1-2-7-15(13)20-16/h1-7,10,16,20H,8-9,11H2,(H,19,21). The fourth-order valence-corrected chi connectivity index (χ4v) is 2.81. The van der Waals surface area contributed by atoms with Gasteiger partial charge in [0, 0.05) is 23.7 Å². The van der Waals surface area contributed by atoms with E-state index >= 15 is 0 Å². The maximum atomic E-state index is 12.2. The van der Waals surface area contributed by atoms with Gasteiger partial charge < -0.3 is 10.6 Å². The predicted molar refractivity (Wildman–Crippen MR) is 85.7 cm³/mol. The van der Waals surface area contributed by atoms with Crippen molar-refractivity contribution in [1.82, 2.24) is 5.32 Å². The van der Waals surface area contributed by atoms with E-state index in [0.717, 1.165) is 29.1 Å². The molecule has 1 aliphatic rings. The monoisotopic (exact) mass is 300 g/mol. The summed E-state index contributed by atoms with van der Waals surface area (Å²) in [4.78, 5) is 12.2. The van der Waals surface area contributed by atoms with Crippen molar-refractivity contribution in [2.24, 2.45) is 0 Å². The van der Waals surface area contributed by atoms with E-state index < -0.39 is 0 Å². The molecule has 1 heterocycles. The molecule has 2 aromatic rings. The van der Waals surface area contributed by atoms with Crippen LogP contribution in [0.4, 0.5) is 5.69 Å². The predicted octanol–water partition coefficient (Wildman–Crippen LogP) is 3.04. The molecule has 1 atom stereocenters. The number of amides is 1. The SMILES string of the molecule is O=C(NCCc1cccc(Cl)c1)C1Cc2ccccc2N1. The minimum Gasteiger partial charge on any atom is -0.373 e. The van der Waals surface area contributed by atoms with Gasteiger partial charge in [0.2, 0.25) is 5.91 Å². The van der Waals surface area contributed by atoms with Crippen molar-refractivity contribution >= 4 is 23.2 Å². The number of hydrogen-bond acceptors (Lipinski definition) is 2. The van der Waals surface area contributed by atoms with E-state index in [0.29, 0.717) is 6.54 Å². The lowest BCUT2D eigenvalue weighted by Gasteiger charge is -2.12. The third kappa shape index (κ3) is 3.37. The van der Waals surface area contributed by atoms with Gasteiger partial charge in [0.1, 0.15) is 6.04 Å². The number of para-hydroxylation sites is 1. The Morgan fingerprint density at radius 2 is 2.10 bits per heavy atom. The summed E-state index contributed by atoms with van der Waals surface area (Å²) in [5.41, 5.74) is 3.39. The molecule has 21 heavy (non-hydrogen) atoms. The molecule has 3 rings (SSSR count). The third-order valence-corrected chi connectivity index (χ3v) is 3.92. The van der Waals surface area contributed by atoms with Gasteiger partial charge in [0.15, 0.2) is 0 Å². The number of rotatable bonds is 4. The van der Waals surface area contributed by atoms with Crippen LogP contribution in [0.15, 0.2) is 48.5 Å². The highest BCUT2D eigenvalue weighted by molar-refractivity contribution is 6.30. The van der Waals surface area contributed by atoms with Crippen molar-refractivity contribution in [3.05, 3.63) is 64.7 Å². The third-order valence-electron chi connectivity index (χ3n) is 3.69. The van der Waals surface area contributed by atoms with E-state index in [-0.39, 0.29) is 11.9 Å². The van der Waals surface area contributed by atoms with Crippen LogP contribution in [0.1, 0.15) is 11.1 Å². The summed E-state index contributed by atoms with van der Waals surface area (Å²) in [6.45, 7) is 0.619. The van der Waals surface area contributed by atoms with E-state index in [1.165, 1.54) is 5.56 Å². The highest BCUT2D eigenvalue weighted by Gasteiger charge is 2.25. The van der Waals surface area contributed by atoms with Crippen LogP contribution in [0.25, 0.3) is 0 Å². The second-order valence-electron chi connectivity index (χ2n) is 5.23. The number of benzene rings is 2. The van der Waals surface area contributed by atoms with Crippen LogP contribution >= 0.6 is 11.6 Å². The van der Waals surface area contributed by atoms with E-state index in [4.69, 9.17) is 11.6 Å². The van der Waals surface area contributed by atoms with E-state index in [9.17, 15) is 4.79 Å². The van der Waals surface area contributed by atoms with Crippen LogP contribution in [0, 0.1) is 0 Å². The maximum absolute atomic E-state index is 12.2. The Kier molecular flexibility index (Phi) is 4.11. The van der Waals surface area contributed by atoms with Crippen LogP contribution in [0.2, 0.25) is 5.02 Å². The summed E-state index contributed by atoms with van der Waals surface area (Å²) in [5.74, 6) is 0.0493. The summed E-state index contributed by atoms with van der Waals surface area (Å²) in [6.07, 6.45) is 1.53. The van der Waals surface area contributed by atoms with Crippen LogP contribution < -0.4 is 10.6 Å². The highest BCUT2D eigenvalue weighted by atomic mass is 35.5. The molecule has 0 saturated carbocycles. The zero-order valence-corrected chi connectivity index (χ0v) is 12.4. The van der Waals surface area contributed by atoms with Crippen LogP contribution in [-0.2, 0) is 17.6 Å². The minimum atomic E-state index is -0.165. The highest BCUT2D eigenvalue weighted by Crippen LogP contribution is 2.25. The molecule has 0 saturated heterocycles. The summed E-state index contributed by atoms with van der Waals surface area (Å²) in [5, 5.41) is 6.97. The molecule has 0 bridgehead atoms. The van der Waals surface area contributed by atoms with Gasteiger partial charge in [0.25, 0.3) is 0 Å². The number of nitrogens with one attached hydrogen (secondary N) is 2. The maximum Gasteiger partial charge on any atom is 0.242 e. The normalized spacial score (nSPS) is 16.1. The van der Waals surface area contributed by atoms with Crippen LogP contribution in [0.3, 0.4) is 0 Å². The average molecular weight is 301 g/mol. The molecule has 108 valence electrons. The van der Waals surface area contributed by atoms with Crippen molar-refractivity contribution in [1.29, 1.82) is 0 Å². The number of halogens is 1. The quantitative estimate of drug-likeness (QED) is 0.911. The molecule has 0 fully saturated rings. The first-order valence-corrected chi connectivity index (χ1v) is 7.47. The molecule has 0 aromatic heterocycles. The summed E-state index contributed by atoms with van der Waals surface area (Å²) >= 11 is 5.94. The average Bonchev–Trinajstić information content (AvgIpc) is 2.91. The molecule has 1 amide bonds. The zero-order chi connectivity index (χ0) is 14.7. The van der Waals surface area contributed by atoms with Gasteiger partial charge in [-0.1, -0.05) is 41.9 Å². The van der Waals surface area contributed by atoms with Gasteiger partial charge in [-0.15, -0.1) is 0 Å². The Morgan fingerprint density at radius 3 is 2.90 bits per heavy atom. The first kappa shape index (κ1) is 14.0. The van der Waals surface area contributed by atoms with Crippen molar-refractivity contribution < 1.29 is 4.79 Å². The van der Waals surface area contributed by atoms with Gasteiger partial charge in [-0.3, -0.25) is 4.79 Å². The van der Waals surface area contributed by atoms with E-state index in [1.807, 2.05) is 42.5 Å². The number of carbonyl (C=O) groups excluding carboxylic acids is 1. The van der Waals surface area contributed by atoms with Gasteiger partial charge in [-0.05, 0) is 35.7 Å². The van der Waals surface area contributed by atoms with Crippen LogP contribution in [0.5, 0.6) is 0 Å². The lowest BCUT2D eigenvalue weighted by molar-refractivity contribution is -0.121. The molecule has 2 N–H and O–H groups in total. The summed E-state index contributed by atoms with van der Waals surface area (Å²) in [7, 11) is 0. The lowest BCUT2D eigenvalue weighted by Crippen LogP contribution is -2.39. The number of carbonyl (C=O) groups is 1. The van der Waals surface area contributed by atoms with Gasteiger partial charge >= 0.3 is 0 Å². The van der Waals surface area contributed by atoms with Crippen molar-refractivity contribution in [2.75, 3.05) is 11.9 Å². The fraction of sp³-hybridized carbons (Fsp3) is 0.235. The van der Waals surface area contributed by atoms with Crippen molar-refractivity contribution in [3.8, 4) is 0 Å². The molecular formula is C17H17ClN2O. The van der Waals surface area contributed by atoms with E-state index in [2.05, 4.69) is 16.7 Å². The smallest absolute Gasteiger partial charge is 0.242 e. The van der Waals surface area contributed by atoms with Gasteiger partial charge in [-0.2, -0.15) is 0 Å². The Morgan fingerprint density at radius 1 is 1.24 bits per heavy atom. The Bertz CT molecular complexity index is 632. The first-order valence-electron chi connectivity index (χ1n) is 7.09. The molecule has 4 heteroatoms. The molecule has 3 nitrogen and oxygen atoms in total. The number of fused-ring (bicyclic) bond motifs is 1. The molecular weight excluding hydrogens is 284 g/mol. The molecule has 2 aromatic carbocycles. The largest absolute Gasteiger partial charge is 0.373 e. The molecule has 1 aliphatic heterocycles. The van der Waals surface area contributed by atoms with Gasteiger partial charge in [0.05, 0.1) is 0 Å². The van der Waals surface area contributed by atoms with E-state index in [1.54, 1.807) is 0 Å². The lowest BCUT2D eigenvalue weighted by atomic mass is 10.1. The first-order chi connectivity index (χ1) is 10.2. The fourth-order valence-electron chi connectivity index (χ4n) is 2.60. The van der Waals surface area contributed by atoms with Crippen molar-refractivity contribution in [3.63, 3.8) is 0 Å². The molecule has 0 radical (unpaired) electrons. The second-order valence-corrected chi connectivity index (χ2v) is 5.67. The molecule has 0 spiro atoms. The topological polar surface area (TPSA) is 41.1 Å². The summed E-state index contributed by atoms with van der Waals surface area (Å²) in [6, 6.07) is 15.6. The zero-order valence-electron chi connectivity index (χ0n) is 11.6. The second kappa shape index (κ2) is 6.19. The van der Waals surface area contributed by atoms with Crippen molar-refractivity contribution in [2.45, 2.75) is 18.9 Å². The molecule has 1 unspecified atom stereocenters. The summed E-state index contributed by atoms with van der Waals surface area (Å²) < 4.78 is 0. The number of hydrogen-bond donors (Lipinski definition) is 2. The minimum absolute atomic E-state index is 0.0493. The van der Waals surface area contributed by atoms with Crippen LogP contribution in [-0.4, -0.2) is 18.5 Å². The Hall–Kier alpha value is -2.00.